The number of rotatable bonds is 1. The number of nitriles is 1. The van der Waals surface area contributed by atoms with Crippen molar-refractivity contribution in [1.82, 2.24) is 10.2 Å². The minimum Gasteiger partial charge on any atom is -0.372 e. The number of morpholine rings is 1. The third-order valence-electron chi connectivity index (χ3n) is 2.23. The van der Waals surface area contributed by atoms with Crippen LogP contribution in [0.15, 0.2) is 0 Å². The Hall–Kier alpha value is -1.61. The lowest BCUT2D eigenvalue weighted by Gasteiger charge is -2.34. The van der Waals surface area contributed by atoms with Crippen LogP contribution in [-0.2, 0) is 14.3 Å². The number of hydrogen-bond donors (Lipinski definition) is 1. The Labute approximate surface area is 94.2 Å². The zero-order chi connectivity index (χ0) is 12.1. The topological polar surface area (TPSA) is 82.4 Å². The molecule has 1 N–H and O–H groups in total. The van der Waals surface area contributed by atoms with Crippen LogP contribution in [0.2, 0.25) is 0 Å². The monoisotopic (exact) mass is 225 g/mol. The zero-order valence-electron chi connectivity index (χ0n) is 9.40. The summed E-state index contributed by atoms with van der Waals surface area (Å²) in [4.78, 5) is 24.4. The van der Waals surface area contributed by atoms with E-state index in [1.165, 1.54) is 4.90 Å². The lowest BCUT2D eigenvalue weighted by atomic mass is 10.2. The Morgan fingerprint density at radius 3 is 2.50 bits per heavy atom. The van der Waals surface area contributed by atoms with Crippen LogP contribution in [0.5, 0.6) is 0 Å². The SMILES string of the molecule is C[C@@H]1CN(C(=O)C(=O)NCC#N)C[C@H](C)O1. The van der Waals surface area contributed by atoms with Crippen molar-refractivity contribution in [3.05, 3.63) is 0 Å². The van der Waals surface area contributed by atoms with Gasteiger partial charge in [0.2, 0.25) is 0 Å². The van der Waals surface area contributed by atoms with E-state index in [1.807, 2.05) is 13.8 Å². The van der Waals surface area contributed by atoms with Crippen LogP contribution in [0.1, 0.15) is 13.8 Å². The average molecular weight is 225 g/mol. The lowest BCUT2D eigenvalue weighted by molar-refractivity contribution is -0.153. The molecule has 6 heteroatoms. The Balaban J connectivity index is 2.53. The van der Waals surface area contributed by atoms with Crippen molar-refractivity contribution in [3.63, 3.8) is 0 Å². The van der Waals surface area contributed by atoms with Gasteiger partial charge in [0, 0.05) is 13.1 Å². The van der Waals surface area contributed by atoms with E-state index < -0.39 is 11.8 Å². The van der Waals surface area contributed by atoms with E-state index in [-0.39, 0.29) is 18.8 Å². The van der Waals surface area contributed by atoms with E-state index in [0.717, 1.165) is 0 Å². The van der Waals surface area contributed by atoms with Gasteiger partial charge in [0.25, 0.3) is 0 Å². The fourth-order valence-electron chi connectivity index (χ4n) is 1.68. The Morgan fingerprint density at radius 2 is 2.00 bits per heavy atom. The molecule has 0 radical (unpaired) electrons. The first kappa shape index (κ1) is 12.5. The normalized spacial score (nSPS) is 24.7. The maximum absolute atomic E-state index is 11.6. The fraction of sp³-hybridized carbons (Fsp3) is 0.700. The lowest BCUT2D eigenvalue weighted by Crippen LogP contribution is -2.52. The number of hydrogen-bond acceptors (Lipinski definition) is 4. The molecule has 1 saturated heterocycles. The van der Waals surface area contributed by atoms with Gasteiger partial charge in [-0.3, -0.25) is 9.59 Å². The second-order valence-corrected chi connectivity index (χ2v) is 3.81. The summed E-state index contributed by atoms with van der Waals surface area (Å²) in [5.74, 6) is -1.33. The van der Waals surface area contributed by atoms with Gasteiger partial charge in [-0.1, -0.05) is 0 Å². The Bertz CT molecular complexity index is 314. The molecule has 2 atom stereocenters. The number of nitrogens with one attached hydrogen (secondary N) is 1. The van der Waals surface area contributed by atoms with E-state index in [0.29, 0.717) is 13.1 Å². The second-order valence-electron chi connectivity index (χ2n) is 3.81. The molecule has 0 bridgehead atoms. The second kappa shape index (κ2) is 5.47. The molecule has 16 heavy (non-hydrogen) atoms. The Kier molecular flexibility index (Phi) is 4.26. The highest BCUT2D eigenvalue weighted by Gasteiger charge is 2.29. The van der Waals surface area contributed by atoms with Crippen molar-refractivity contribution in [1.29, 1.82) is 5.26 Å². The van der Waals surface area contributed by atoms with E-state index in [4.69, 9.17) is 10.00 Å². The highest BCUT2D eigenvalue weighted by atomic mass is 16.5. The minimum absolute atomic E-state index is 0.0727. The van der Waals surface area contributed by atoms with Gasteiger partial charge in [0.15, 0.2) is 0 Å². The van der Waals surface area contributed by atoms with Crippen LogP contribution < -0.4 is 5.32 Å². The average Bonchev–Trinajstić information content (AvgIpc) is 2.23. The molecule has 0 aromatic rings. The summed E-state index contributed by atoms with van der Waals surface area (Å²) in [5.41, 5.74) is 0. The van der Waals surface area contributed by atoms with E-state index >= 15 is 0 Å². The van der Waals surface area contributed by atoms with Gasteiger partial charge >= 0.3 is 11.8 Å². The number of ether oxygens (including phenoxy) is 1. The molecule has 1 heterocycles. The van der Waals surface area contributed by atoms with Crippen molar-refractivity contribution in [2.24, 2.45) is 0 Å². The molecule has 2 amide bonds. The molecule has 0 aromatic carbocycles. The van der Waals surface area contributed by atoms with Crippen molar-refractivity contribution < 1.29 is 14.3 Å². The number of nitrogens with zero attached hydrogens (tertiary/aromatic N) is 2. The van der Waals surface area contributed by atoms with Crippen molar-refractivity contribution in [2.75, 3.05) is 19.6 Å². The van der Waals surface area contributed by atoms with E-state index in [2.05, 4.69) is 5.32 Å². The van der Waals surface area contributed by atoms with E-state index in [1.54, 1.807) is 6.07 Å². The van der Waals surface area contributed by atoms with Gasteiger partial charge in [0.05, 0.1) is 18.3 Å². The third kappa shape index (κ3) is 3.21. The fourth-order valence-corrected chi connectivity index (χ4v) is 1.68. The predicted molar refractivity (Wildman–Crippen MR) is 55.2 cm³/mol. The summed E-state index contributed by atoms with van der Waals surface area (Å²) in [7, 11) is 0. The molecule has 1 aliphatic rings. The molecule has 6 nitrogen and oxygen atoms in total. The van der Waals surface area contributed by atoms with Crippen LogP contribution in [0, 0.1) is 11.3 Å². The smallest absolute Gasteiger partial charge is 0.312 e. The zero-order valence-corrected chi connectivity index (χ0v) is 9.40. The summed E-state index contributed by atoms with van der Waals surface area (Å²) < 4.78 is 5.45. The summed E-state index contributed by atoms with van der Waals surface area (Å²) >= 11 is 0. The molecule has 0 unspecified atom stereocenters. The summed E-state index contributed by atoms with van der Waals surface area (Å²) in [6, 6.07) is 1.75. The van der Waals surface area contributed by atoms with E-state index in [9.17, 15) is 9.59 Å². The molecule has 88 valence electrons. The first-order valence-electron chi connectivity index (χ1n) is 5.14. The first-order valence-corrected chi connectivity index (χ1v) is 5.14. The van der Waals surface area contributed by atoms with Gasteiger partial charge in [-0.15, -0.1) is 0 Å². The molecule has 0 saturated carbocycles. The van der Waals surface area contributed by atoms with Crippen molar-refractivity contribution in [2.45, 2.75) is 26.1 Å². The highest BCUT2D eigenvalue weighted by molar-refractivity contribution is 6.35. The standard InChI is InChI=1S/C10H15N3O3/c1-7-5-13(6-8(2)16-7)10(15)9(14)12-4-3-11/h7-8H,4-6H2,1-2H3,(H,12,14)/t7-,8+. The number of amides is 2. The quantitative estimate of drug-likeness (QED) is 0.471. The van der Waals surface area contributed by atoms with Gasteiger partial charge < -0.3 is 15.0 Å². The van der Waals surface area contributed by atoms with Gasteiger partial charge in [-0.2, -0.15) is 5.26 Å². The Morgan fingerprint density at radius 1 is 1.44 bits per heavy atom. The summed E-state index contributed by atoms with van der Waals surface area (Å²) in [6.45, 7) is 4.36. The molecule has 1 fully saturated rings. The number of carbonyl (C=O) groups excluding carboxylic acids is 2. The maximum Gasteiger partial charge on any atom is 0.312 e. The van der Waals surface area contributed by atoms with Crippen molar-refractivity contribution >= 4 is 11.8 Å². The third-order valence-corrected chi connectivity index (χ3v) is 2.23. The molecule has 1 aliphatic heterocycles. The summed E-state index contributed by atoms with van der Waals surface area (Å²) in [5, 5.41) is 10.5. The summed E-state index contributed by atoms with van der Waals surface area (Å²) in [6.07, 6.45) is -0.145. The molecule has 0 spiro atoms. The predicted octanol–water partition coefficient (Wildman–Crippen LogP) is -0.738. The maximum atomic E-state index is 11.6. The van der Waals surface area contributed by atoms with Crippen LogP contribution in [0.25, 0.3) is 0 Å². The minimum atomic E-state index is -0.733. The molecule has 0 aromatic heterocycles. The largest absolute Gasteiger partial charge is 0.372 e. The molecule has 1 rings (SSSR count). The molecular formula is C10H15N3O3. The van der Waals surface area contributed by atoms with Gasteiger partial charge in [-0.05, 0) is 13.8 Å². The van der Waals surface area contributed by atoms with Crippen LogP contribution in [-0.4, -0.2) is 48.6 Å². The first-order chi connectivity index (χ1) is 7.54. The van der Waals surface area contributed by atoms with Crippen molar-refractivity contribution in [3.8, 4) is 6.07 Å². The van der Waals surface area contributed by atoms with Crippen LogP contribution in [0.3, 0.4) is 0 Å². The number of carbonyl (C=O) groups is 2. The van der Waals surface area contributed by atoms with Crippen LogP contribution >= 0.6 is 0 Å². The molecular weight excluding hydrogens is 210 g/mol. The highest BCUT2D eigenvalue weighted by Crippen LogP contribution is 2.10. The van der Waals surface area contributed by atoms with Gasteiger partial charge in [0.1, 0.15) is 6.54 Å². The van der Waals surface area contributed by atoms with Gasteiger partial charge in [-0.25, -0.2) is 0 Å². The van der Waals surface area contributed by atoms with Crippen LogP contribution in [0.4, 0.5) is 0 Å². The molecule has 0 aliphatic carbocycles.